The van der Waals surface area contributed by atoms with E-state index in [0.717, 1.165) is 71.1 Å². The zero-order valence-corrected chi connectivity index (χ0v) is 23.0. The van der Waals surface area contributed by atoms with Crippen LogP contribution in [0.2, 0.25) is 0 Å². The van der Waals surface area contributed by atoms with Crippen molar-refractivity contribution in [3.05, 3.63) is 77.5 Å². The van der Waals surface area contributed by atoms with E-state index in [1.165, 1.54) is 16.7 Å². The molecule has 2 N–H and O–H groups in total. The molecule has 0 unspecified atom stereocenters. The Hall–Kier alpha value is -3.30. The van der Waals surface area contributed by atoms with Crippen LogP contribution in [0, 0.1) is 0 Å². The molecule has 0 radical (unpaired) electrons. The standard InChI is InChI=1S/C31H39N5O3/c1-23(2)36-13-11-34(12-14-36)21-24-8-9-28(26(19-24)22-35-15-17-38-18-16-35)25-5-3-6-27(20-25)39-31-29(30(32)37)7-4-10-33-31/h3-10,19-20,23H,11-18,21-22H2,1-2H3,(H2,32,37). The van der Waals surface area contributed by atoms with Crippen molar-refractivity contribution in [2.75, 3.05) is 52.5 Å². The van der Waals surface area contributed by atoms with Crippen molar-refractivity contribution in [1.82, 2.24) is 19.7 Å². The number of rotatable bonds is 9. The summed E-state index contributed by atoms with van der Waals surface area (Å²) in [5.74, 6) is 0.255. The molecule has 0 saturated carbocycles. The molecule has 8 nitrogen and oxygen atoms in total. The van der Waals surface area contributed by atoms with Gasteiger partial charge in [-0.3, -0.25) is 19.5 Å². The minimum atomic E-state index is -0.566. The van der Waals surface area contributed by atoms with Crippen molar-refractivity contribution in [1.29, 1.82) is 0 Å². The molecule has 206 valence electrons. The van der Waals surface area contributed by atoms with E-state index in [1.54, 1.807) is 18.3 Å². The summed E-state index contributed by atoms with van der Waals surface area (Å²) >= 11 is 0. The Kier molecular flexibility index (Phi) is 8.88. The summed E-state index contributed by atoms with van der Waals surface area (Å²) < 4.78 is 11.6. The van der Waals surface area contributed by atoms with E-state index >= 15 is 0 Å². The van der Waals surface area contributed by atoms with Gasteiger partial charge in [-0.05, 0) is 60.4 Å². The lowest BCUT2D eigenvalue weighted by Crippen LogP contribution is -2.48. The number of primary amides is 1. The van der Waals surface area contributed by atoms with E-state index in [-0.39, 0.29) is 11.4 Å². The van der Waals surface area contributed by atoms with Gasteiger partial charge in [-0.15, -0.1) is 0 Å². The van der Waals surface area contributed by atoms with E-state index in [0.29, 0.717) is 11.8 Å². The average Bonchev–Trinajstić information content (AvgIpc) is 2.94. The van der Waals surface area contributed by atoms with Crippen molar-refractivity contribution in [3.63, 3.8) is 0 Å². The minimum absolute atomic E-state index is 0.212. The molecule has 2 aromatic carbocycles. The Morgan fingerprint density at radius 1 is 0.949 bits per heavy atom. The number of nitrogens with two attached hydrogens (primary N) is 1. The number of ether oxygens (including phenoxy) is 2. The number of hydrogen-bond acceptors (Lipinski definition) is 7. The maximum atomic E-state index is 11.8. The number of pyridine rings is 1. The van der Waals surface area contributed by atoms with E-state index in [4.69, 9.17) is 15.2 Å². The van der Waals surface area contributed by atoms with Crippen molar-refractivity contribution in [2.45, 2.75) is 33.0 Å². The van der Waals surface area contributed by atoms with Gasteiger partial charge >= 0.3 is 0 Å². The first-order valence-corrected chi connectivity index (χ1v) is 13.9. The number of nitrogens with zero attached hydrogens (tertiary/aromatic N) is 4. The van der Waals surface area contributed by atoms with Gasteiger partial charge in [-0.2, -0.15) is 0 Å². The fourth-order valence-corrected chi connectivity index (χ4v) is 5.35. The van der Waals surface area contributed by atoms with Crippen LogP contribution in [-0.2, 0) is 17.8 Å². The predicted molar refractivity (Wildman–Crippen MR) is 153 cm³/mol. The summed E-state index contributed by atoms with van der Waals surface area (Å²) in [4.78, 5) is 23.6. The Balaban J connectivity index is 1.39. The van der Waals surface area contributed by atoms with Crippen LogP contribution in [0.25, 0.3) is 11.1 Å². The molecular weight excluding hydrogens is 490 g/mol. The third-order valence-electron chi connectivity index (χ3n) is 7.61. The molecule has 2 fully saturated rings. The first-order chi connectivity index (χ1) is 19.0. The summed E-state index contributed by atoms with van der Waals surface area (Å²) in [5, 5.41) is 0. The maximum Gasteiger partial charge on any atom is 0.254 e. The monoisotopic (exact) mass is 529 g/mol. The number of carbonyl (C=O) groups is 1. The highest BCUT2D eigenvalue weighted by Crippen LogP contribution is 2.31. The first-order valence-electron chi connectivity index (χ1n) is 13.9. The van der Waals surface area contributed by atoms with Crippen LogP contribution in [-0.4, -0.2) is 84.1 Å². The molecule has 0 atom stereocenters. The topological polar surface area (TPSA) is 84.2 Å². The van der Waals surface area contributed by atoms with Crippen LogP contribution in [0.3, 0.4) is 0 Å². The van der Waals surface area contributed by atoms with Gasteiger partial charge in [0.25, 0.3) is 5.91 Å². The Labute approximate surface area is 231 Å². The summed E-state index contributed by atoms with van der Waals surface area (Å²) in [6.07, 6.45) is 1.59. The molecule has 3 heterocycles. The normalized spacial score (nSPS) is 17.4. The smallest absolute Gasteiger partial charge is 0.254 e. The highest BCUT2D eigenvalue weighted by atomic mass is 16.5. The third-order valence-corrected chi connectivity index (χ3v) is 7.61. The maximum absolute atomic E-state index is 11.8. The van der Waals surface area contributed by atoms with Crippen molar-refractivity contribution in [3.8, 4) is 22.8 Å². The molecule has 8 heteroatoms. The molecule has 1 amide bonds. The number of benzene rings is 2. The SMILES string of the molecule is CC(C)N1CCN(Cc2ccc(-c3cccc(Oc4ncccc4C(N)=O)c3)c(CN3CCOCC3)c2)CC1. The zero-order valence-electron chi connectivity index (χ0n) is 23.0. The second-order valence-electron chi connectivity index (χ2n) is 10.6. The number of morpholine rings is 1. The zero-order chi connectivity index (χ0) is 27.2. The molecule has 2 aliphatic rings. The van der Waals surface area contributed by atoms with E-state index < -0.39 is 5.91 Å². The number of amides is 1. The van der Waals surface area contributed by atoms with Gasteiger partial charge in [-0.25, -0.2) is 4.98 Å². The van der Waals surface area contributed by atoms with Crippen molar-refractivity contribution in [2.24, 2.45) is 5.73 Å². The van der Waals surface area contributed by atoms with Crippen LogP contribution in [0.5, 0.6) is 11.6 Å². The quantitative estimate of drug-likeness (QED) is 0.449. The third kappa shape index (κ3) is 7.02. The minimum Gasteiger partial charge on any atom is -0.438 e. The van der Waals surface area contributed by atoms with Gasteiger partial charge in [0.1, 0.15) is 11.3 Å². The fraction of sp³-hybridized carbons (Fsp3) is 0.419. The first kappa shape index (κ1) is 27.3. The summed E-state index contributed by atoms with van der Waals surface area (Å²) in [6.45, 7) is 14.2. The summed E-state index contributed by atoms with van der Waals surface area (Å²) in [7, 11) is 0. The summed E-state index contributed by atoms with van der Waals surface area (Å²) in [6, 6.07) is 18.7. The van der Waals surface area contributed by atoms with Gasteiger partial charge in [0.05, 0.1) is 13.2 Å². The molecule has 0 spiro atoms. The molecular formula is C31H39N5O3. The van der Waals surface area contributed by atoms with Gasteiger partial charge in [-0.1, -0.05) is 30.3 Å². The number of piperazine rings is 1. The van der Waals surface area contributed by atoms with Crippen LogP contribution in [0.15, 0.2) is 60.8 Å². The Morgan fingerprint density at radius 2 is 1.72 bits per heavy atom. The molecule has 1 aromatic heterocycles. The van der Waals surface area contributed by atoms with Crippen LogP contribution >= 0.6 is 0 Å². The molecule has 5 rings (SSSR count). The average molecular weight is 530 g/mol. The van der Waals surface area contributed by atoms with Crippen LogP contribution in [0.4, 0.5) is 0 Å². The highest BCUT2D eigenvalue weighted by molar-refractivity contribution is 5.95. The lowest BCUT2D eigenvalue weighted by molar-refractivity contribution is 0.0342. The lowest BCUT2D eigenvalue weighted by Gasteiger charge is -2.37. The van der Waals surface area contributed by atoms with Gasteiger partial charge in [0.15, 0.2) is 0 Å². The second kappa shape index (κ2) is 12.7. The van der Waals surface area contributed by atoms with E-state index in [1.807, 2.05) is 18.2 Å². The Bertz CT molecular complexity index is 1270. The summed E-state index contributed by atoms with van der Waals surface area (Å²) in [5.41, 5.74) is 10.7. The van der Waals surface area contributed by atoms with Gasteiger partial charge < -0.3 is 15.2 Å². The fourth-order valence-electron chi connectivity index (χ4n) is 5.35. The van der Waals surface area contributed by atoms with E-state index in [2.05, 4.69) is 57.8 Å². The molecule has 2 saturated heterocycles. The number of aromatic nitrogens is 1. The number of carbonyl (C=O) groups excluding carboxylic acids is 1. The van der Waals surface area contributed by atoms with Gasteiger partial charge in [0, 0.05) is 64.6 Å². The van der Waals surface area contributed by atoms with E-state index in [9.17, 15) is 4.79 Å². The van der Waals surface area contributed by atoms with Crippen molar-refractivity contribution < 1.29 is 14.3 Å². The number of hydrogen-bond donors (Lipinski definition) is 1. The largest absolute Gasteiger partial charge is 0.438 e. The van der Waals surface area contributed by atoms with Gasteiger partial charge in [0.2, 0.25) is 5.88 Å². The molecule has 39 heavy (non-hydrogen) atoms. The van der Waals surface area contributed by atoms with Crippen LogP contribution < -0.4 is 10.5 Å². The second-order valence-corrected chi connectivity index (χ2v) is 10.6. The highest BCUT2D eigenvalue weighted by Gasteiger charge is 2.20. The molecule has 2 aliphatic heterocycles. The molecule has 3 aromatic rings. The molecule has 0 bridgehead atoms. The molecule has 0 aliphatic carbocycles. The predicted octanol–water partition coefficient (Wildman–Crippen LogP) is 4.00. The Morgan fingerprint density at radius 3 is 2.46 bits per heavy atom. The lowest BCUT2D eigenvalue weighted by atomic mass is 9.96. The van der Waals surface area contributed by atoms with Crippen molar-refractivity contribution >= 4 is 5.91 Å². The van der Waals surface area contributed by atoms with Crippen LogP contribution in [0.1, 0.15) is 35.3 Å².